The number of carbonyl (C=O) groups is 1. The number of amides is 1. The van der Waals surface area contributed by atoms with Gasteiger partial charge in [-0.2, -0.15) is 0 Å². The molecular formula is C21H25NO. The molecule has 3 aliphatic rings. The second-order valence-electron chi connectivity index (χ2n) is 7.24. The lowest BCUT2D eigenvalue weighted by atomic mass is 9.68. The highest BCUT2D eigenvalue weighted by Gasteiger charge is 2.56. The van der Waals surface area contributed by atoms with Crippen LogP contribution in [0.4, 0.5) is 0 Å². The molecule has 2 heteroatoms. The molecule has 2 heterocycles. The highest BCUT2D eigenvalue weighted by atomic mass is 16.2. The molecule has 0 saturated carbocycles. The number of allylic oxidation sites excluding steroid dienone is 2. The van der Waals surface area contributed by atoms with Crippen molar-refractivity contribution >= 4 is 5.91 Å². The summed E-state index contributed by atoms with van der Waals surface area (Å²) >= 11 is 0. The summed E-state index contributed by atoms with van der Waals surface area (Å²) in [6.45, 7) is 0.943. The van der Waals surface area contributed by atoms with E-state index in [0.29, 0.717) is 17.9 Å². The fourth-order valence-corrected chi connectivity index (χ4v) is 4.77. The van der Waals surface area contributed by atoms with E-state index >= 15 is 0 Å². The second-order valence-corrected chi connectivity index (χ2v) is 7.24. The molecule has 0 aromatic heterocycles. The Bertz CT molecular complexity index is 633. The fraction of sp³-hybridized carbons (Fsp3) is 0.476. The van der Waals surface area contributed by atoms with E-state index in [1.807, 2.05) is 6.07 Å². The number of rotatable bonds is 2. The molecule has 0 spiro atoms. The molecule has 3 atom stereocenters. The largest absolute Gasteiger partial charge is 0.338 e. The molecule has 4 rings (SSSR count). The van der Waals surface area contributed by atoms with E-state index in [1.54, 1.807) is 0 Å². The van der Waals surface area contributed by atoms with Gasteiger partial charge in [0.25, 0.3) is 0 Å². The zero-order valence-corrected chi connectivity index (χ0v) is 13.7. The molecule has 2 fully saturated rings. The minimum Gasteiger partial charge on any atom is -0.338 e. The molecule has 0 radical (unpaired) electrons. The van der Waals surface area contributed by atoms with Crippen LogP contribution >= 0.6 is 0 Å². The lowest BCUT2D eigenvalue weighted by Crippen LogP contribution is -2.38. The van der Waals surface area contributed by atoms with Gasteiger partial charge in [0.15, 0.2) is 0 Å². The Morgan fingerprint density at radius 3 is 2.74 bits per heavy atom. The van der Waals surface area contributed by atoms with E-state index in [-0.39, 0.29) is 5.41 Å². The second kappa shape index (κ2) is 5.99. The van der Waals surface area contributed by atoms with Gasteiger partial charge in [-0.1, -0.05) is 73.9 Å². The Morgan fingerprint density at radius 2 is 1.87 bits per heavy atom. The number of fused-ring (bicyclic) bond motifs is 3. The Hall–Kier alpha value is -1.83. The standard InChI is InChI=1S/C21H25NO/c23-20-21(16-17-10-4-3-5-11-17)14-8-7-12-18(21)19-13-6-1-2-9-15-22(19)20/h3-5,7-8,10-12,14,18-19H,1-2,6,9,13,15-16H2/t18-,19+,21+/m0/s1. The van der Waals surface area contributed by atoms with Crippen LogP contribution in [-0.2, 0) is 11.2 Å². The van der Waals surface area contributed by atoms with Crippen molar-refractivity contribution in [1.82, 2.24) is 4.90 Å². The Balaban J connectivity index is 1.72. The van der Waals surface area contributed by atoms with Crippen LogP contribution in [-0.4, -0.2) is 23.4 Å². The molecule has 1 amide bonds. The molecule has 23 heavy (non-hydrogen) atoms. The molecule has 1 aliphatic carbocycles. The highest BCUT2D eigenvalue weighted by Crippen LogP contribution is 2.49. The topological polar surface area (TPSA) is 20.3 Å². The molecule has 2 nitrogen and oxygen atoms in total. The molecule has 0 unspecified atom stereocenters. The van der Waals surface area contributed by atoms with Crippen LogP contribution in [0.25, 0.3) is 0 Å². The summed E-state index contributed by atoms with van der Waals surface area (Å²) in [7, 11) is 0. The summed E-state index contributed by atoms with van der Waals surface area (Å²) < 4.78 is 0. The van der Waals surface area contributed by atoms with Gasteiger partial charge in [0.2, 0.25) is 5.91 Å². The van der Waals surface area contributed by atoms with Gasteiger partial charge in [0.1, 0.15) is 0 Å². The van der Waals surface area contributed by atoms with Gasteiger partial charge >= 0.3 is 0 Å². The zero-order valence-electron chi connectivity index (χ0n) is 13.7. The van der Waals surface area contributed by atoms with Crippen LogP contribution in [0.5, 0.6) is 0 Å². The summed E-state index contributed by atoms with van der Waals surface area (Å²) in [6, 6.07) is 10.9. The minimum atomic E-state index is -0.356. The molecule has 2 saturated heterocycles. The van der Waals surface area contributed by atoms with Crippen molar-refractivity contribution in [3.8, 4) is 0 Å². The van der Waals surface area contributed by atoms with E-state index in [9.17, 15) is 4.79 Å². The smallest absolute Gasteiger partial charge is 0.233 e. The van der Waals surface area contributed by atoms with Gasteiger partial charge < -0.3 is 4.90 Å². The first kappa shape index (κ1) is 14.7. The monoisotopic (exact) mass is 307 g/mol. The first-order chi connectivity index (χ1) is 11.3. The average Bonchev–Trinajstić information content (AvgIpc) is 2.77. The predicted molar refractivity (Wildman–Crippen MR) is 92.9 cm³/mol. The summed E-state index contributed by atoms with van der Waals surface area (Å²) in [5, 5.41) is 0. The van der Waals surface area contributed by atoms with Crippen molar-refractivity contribution in [3.05, 3.63) is 60.2 Å². The van der Waals surface area contributed by atoms with Crippen molar-refractivity contribution in [2.45, 2.75) is 44.6 Å². The highest BCUT2D eigenvalue weighted by molar-refractivity contribution is 5.89. The molecule has 1 aromatic carbocycles. The first-order valence-electron chi connectivity index (χ1n) is 9.02. The number of hydrogen-bond donors (Lipinski definition) is 0. The van der Waals surface area contributed by atoms with E-state index in [2.05, 4.69) is 53.5 Å². The lowest BCUT2D eigenvalue weighted by Gasteiger charge is -2.32. The predicted octanol–water partition coefficient (Wildman–Crippen LogP) is 4.13. The summed E-state index contributed by atoms with van der Waals surface area (Å²) in [5.74, 6) is 0.692. The third-order valence-electron chi connectivity index (χ3n) is 5.88. The normalized spacial score (nSPS) is 33.0. The van der Waals surface area contributed by atoms with E-state index in [1.165, 1.54) is 24.8 Å². The number of hydrogen-bond acceptors (Lipinski definition) is 1. The Kier molecular flexibility index (Phi) is 3.84. The number of benzene rings is 1. The van der Waals surface area contributed by atoms with Crippen LogP contribution in [0.15, 0.2) is 54.6 Å². The molecule has 0 N–H and O–H groups in total. The lowest BCUT2D eigenvalue weighted by molar-refractivity contribution is -0.135. The zero-order chi connectivity index (χ0) is 15.7. The van der Waals surface area contributed by atoms with Crippen LogP contribution in [0.2, 0.25) is 0 Å². The Morgan fingerprint density at radius 1 is 1.04 bits per heavy atom. The van der Waals surface area contributed by atoms with Gasteiger partial charge in [-0.05, 0) is 24.8 Å². The van der Waals surface area contributed by atoms with Crippen molar-refractivity contribution < 1.29 is 4.79 Å². The molecule has 1 aromatic rings. The minimum absolute atomic E-state index is 0.332. The van der Waals surface area contributed by atoms with E-state index < -0.39 is 0 Å². The molecule has 120 valence electrons. The van der Waals surface area contributed by atoms with Gasteiger partial charge in [-0.25, -0.2) is 0 Å². The van der Waals surface area contributed by atoms with Gasteiger partial charge in [0.05, 0.1) is 5.41 Å². The van der Waals surface area contributed by atoms with Crippen molar-refractivity contribution in [2.75, 3.05) is 6.54 Å². The van der Waals surface area contributed by atoms with Gasteiger partial charge in [0, 0.05) is 18.5 Å². The molecular weight excluding hydrogens is 282 g/mol. The van der Waals surface area contributed by atoms with Gasteiger partial charge in [-0.3, -0.25) is 4.79 Å². The molecule has 0 bridgehead atoms. The quantitative estimate of drug-likeness (QED) is 0.804. The van der Waals surface area contributed by atoms with E-state index in [4.69, 9.17) is 0 Å². The van der Waals surface area contributed by atoms with Crippen LogP contribution in [0.1, 0.15) is 37.7 Å². The summed E-state index contributed by atoms with van der Waals surface area (Å²) in [4.78, 5) is 15.6. The van der Waals surface area contributed by atoms with Crippen molar-refractivity contribution in [3.63, 3.8) is 0 Å². The average molecular weight is 307 g/mol. The Labute approximate surface area is 138 Å². The fourth-order valence-electron chi connectivity index (χ4n) is 4.77. The van der Waals surface area contributed by atoms with Crippen molar-refractivity contribution in [2.24, 2.45) is 11.3 Å². The maximum Gasteiger partial charge on any atom is 0.233 e. The van der Waals surface area contributed by atoms with E-state index in [0.717, 1.165) is 25.8 Å². The van der Waals surface area contributed by atoms with Crippen LogP contribution in [0, 0.1) is 11.3 Å². The SMILES string of the molecule is O=C1N2CCCCCC[C@@H]2[C@@H]2C=CC=C[C@]12Cc1ccccc1. The molecule has 2 aliphatic heterocycles. The van der Waals surface area contributed by atoms with Crippen LogP contribution in [0.3, 0.4) is 0 Å². The maximum atomic E-state index is 13.4. The third kappa shape index (κ3) is 2.45. The number of nitrogens with zero attached hydrogens (tertiary/aromatic N) is 1. The number of carbonyl (C=O) groups excluding carboxylic acids is 1. The third-order valence-corrected chi connectivity index (χ3v) is 5.88. The maximum absolute atomic E-state index is 13.4. The van der Waals surface area contributed by atoms with Crippen LogP contribution < -0.4 is 0 Å². The van der Waals surface area contributed by atoms with Crippen molar-refractivity contribution in [1.29, 1.82) is 0 Å². The first-order valence-corrected chi connectivity index (χ1v) is 9.02. The summed E-state index contributed by atoms with van der Waals surface area (Å²) in [5.41, 5.74) is 0.909. The van der Waals surface area contributed by atoms with Gasteiger partial charge in [-0.15, -0.1) is 0 Å². The summed E-state index contributed by atoms with van der Waals surface area (Å²) in [6.07, 6.45) is 15.7.